The van der Waals surface area contributed by atoms with Gasteiger partial charge in [-0.05, 0) is 48.9 Å². The van der Waals surface area contributed by atoms with Crippen molar-refractivity contribution in [1.82, 2.24) is 10.3 Å². The smallest absolute Gasteiger partial charge is 0.251 e. The second-order valence-corrected chi connectivity index (χ2v) is 4.54. The highest BCUT2D eigenvalue weighted by Crippen LogP contribution is 2.12. The van der Waals surface area contributed by atoms with E-state index in [2.05, 4.69) is 22.9 Å². The van der Waals surface area contributed by atoms with E-state index >= 15 is 0 Å². The van der Waals surface area contributed by atoms with Crippen molar-refractivity contribution in [3.63, 3.8) is 0 Å². The number of hydrogen-bond acceptors (Lipinski definition) is 3. The molecular weight excluding hydrogens is 244 g/mol. The maximum atomic E-state index is 12.0. The van der Waals surface area contributed by atoms with Crippen LogP contribution in [0.1, 0.15) is 28.9 Å². The Labute approximate surface area is 112 Å². The number of thiol groups is 1. The summed E-state index contributed by atoms with van der Waals surface area (Å²) in [7, 11) is 0. The number of aromatic nitrogens is 1. The van der Waals surface area contributed by atoms with E-state index in [9.17, 15) is 4.79 Å². The fourth-order valence-corrected chi connectivity index (χ4v) is 1.78. The molecule has 1 aromatic heterocycles. The molecule has 2 rings (SSSR count). The van der Waals surface area contributed by atoms with Gasteiger partial charge in [0.2, 0.25) is 0 Å². The van der Waals surface area contributed by atoms with E-state index in [-0.39, 0.29) is 11.9 Å². The average Bonchev–Trinajstić information content (AvgIpc) is 2.40. The van der Waals surface area contributed by atoms with Crippen molar-refractivity contribution in [3.8, 4) is 0 Å². The molecule has 0 aliphatic rings. The topological polar surface area (TPSA) is 42.0 Å². The maximum absolute atomic E-state index is 12.0. The van der Waals surface area contributed by atoms with E-state index in [1.54, 1.807) is 36.7 Å². The normalized spacial score (nSPS) is 11.9. The van der Waals surface area contributed by atoms with Crippen molar-refractivity contribution in [3.05, 3.63) is 59.9 Å². The van der Waals surface area contributed by atoms with Crippen LogP contribution in [0.2, 0.25) is 0 Å². The zero-order chi connectivity index (χ0) is 13.0. The molecule has 92 valence electrons. The average molecular weight is 258 g/mol. The minimum absolute atomic E-state index is 0.0452. The van der Waals surface area contributed by atoms with Crippen LogP contribution in [-0.2, 0) is 0 Å². The zero-order valence-electron chi connectivity index (χ0n) is 10.00. The molecule has 0 saturated carbocycles. The molecule has 0 bridgehead atoms. The lowest BCUT2D eigenvalue weighted by atomic mass is 10.1. The van der Waals surface area contributed by atoms with Gasteiger partial charge < -0.3 is 5.32 Å². The lowest BCUT2D eigenvalue weighted by Gasteiger charge is -2.14. The monoisotopic (exact) mass is 258 g/mol. The van der Waals surface area contributed by atoms with Gasteiger partial charge in [0.05, 0.1) is 6.04 Å². The summed E-state index contributed by atoms with van der Waals surface area (Å²) in [4.78, 5) is 16.8. The first-order valence-corrected chi connectivity index (χ1v) is 6.11. The highest BCUT2D eigenvalue weighted by Gasteiger charge is 2.10. The van der Waals surface area contributed by atoms with Gasteiger partial charge in [-0.2, -0.15) is 0 Å². The highest BCUT2D eigenvalue weighted by atomic mass is 32.1. The van der Waals surface area contributed by atoms with Crippen molar-refractivity contribution in [2.75, 3.05) is 0 Å². The van der Waals surface area contributed by atoms with E-state index in [4.69, 9.17) is 0 Å². The molecule has 0 saturated heterocycles. The quantitative estimate of drug-likeness (QED) is 0.831. The maximum Gasteiger partial charge on any atom is 0.251 e. The number of carbonyl (C=O) groups excluding carboxylic acids is 1. The Hall–Kier alpha value is -1.81. The Kier molecular flexibility index (Phi) is 3.99. The van der Waals surface area contributed by atoms with E-state index in [1.807, 2.05) is 19.1 Å². The first-order chi connectivity index (χ1) is 8.66. The Bertz CT molecular complexity index is 525. The van der Waals surface area contributed by atoms with Crippen LogP contribution in [0.15, 0.2) is 53.7 Å². The van der Waals surface area contributed by atoms with Crippen molar-refractivity contribution >= 4 is 18.5 Å². The zero-order valence-corrected chi connectivity index (χ0v) is 10.9. The molecule has 0 radical (unpaired) electrons. The predicted molar refractivity (Wildman–Crippen MR) is 73.8 cm³/mol. The third-order valence-corrected chi connectivity index (χ3v) is 2.98. The number of pyridine rings is 1. The molecule has 1 amide bonds. The highest BCUT2D eigenvalue weighted by molar-refractivity contribution is 7.80. The number of carbonyl (C=O) groups is 1. The summed E-state index contributed by atoms with van der Waals surface area (Å²) in [5.74, 6) is -0.0901. The van der Waals surface area contributed by atoms with Gasteiger partial charge in [-0.1, -0.05) is 0 Å². The van der Waals surface area contributed by atoms with E-state index < -0.39 is 0 Å². The second-order valence-electron chi connectivity index (χ2n) is 4.02. The Morgan fingerprint density at radius 3 is 2.39 bits per heavy atom. The largest absolute Gasteiger partial charge is 0.346 e. The van der Waals surface area contributed by atoms with Gasteiger partial charge in [0.1, 0.15) is 0 Å². The number of benzene rings is 1. The van der Waals surface area contributed by atoms with Gasteiger partial charge in [0.25, 0.3) is 5.91 Å². The summed E-state index contributed by atoms with van der Waals surface area (Å²) in [5, 5.41) is 2.94. The lowest BCUT2D eigenvalue weighted by Crippen LogP contribution is -2.26. The second kappa shape index (κ2) is 5.69. The molecule has 2 aromatic rings. The molecule has 1 unspecified atom stereocenters. The first kappa shape index (κ1) is 12.6. The number of rotatable bonds is 3. The Balaban J connectivity index is 2.06. The molecule has 1 atom stereocenters. The molecule has 4 heteroatoms. The summed E-state index contributed by atoms with van der Waals surface area (Å²) in [6, 6.07) is 10.9. The van der Waals surface area contributed by atoms with Crippen molar-refractivity contribution in [1.29, 1.82) is 0 Å². The number of nitrogens with zero attached hydrogens (tertiary/aromatic N) is 1. The molecule has 3 nitrogen and oxygen atoms in total. The molecule has 0 aliphatic heterocycles. The van der Waals surface area contributed by atoms with Gasteiger partial charge in [0.15, 0.2) is 0 Å². The fourth-order valence-electron chi connectivity index (χ4n) is 1.63. The minimum atomic E-state index is -0.0901. The van der Waals surface area contributed by atoms with E-state index in [0.717, 1.165) is 10.5 Å². The summed E-state index contributed by atoms with van der Waals surface area (Å²) in [5.41, 5.74) is 1.66. The molecule has 0 fully saturated rings. The van der Waals surface area contributed by atoms with Gasteiger partial charge in [-0.15, -0.1) is 12.6 Å². The Morgan fingerprint density at radius 2 is 1.78 bits per heavy atom. The molecule has 1 heterocycles. The van der Waals surface area contributed by atoms with Crippen LogP contribution in [0.3, 0.4) is 0 Å². The SMILES string of the molecule is CC(NC(=O)c1ccc(S)cc1)c1ccncc1. The third-order valence-electron chi connectivity index (χ3n) is 2.68. The van der Waals surface area contributed by atoms with Gasteiger partial charge in [0, 0.05) is 22.9 Å². The van der Waals surface area contributed by atoms with Crippen molar-refractivity contribution < 1.29 is 4.79 Å². The van der Waals surface area contributed by atoms with Crippen LogP contribution in [0.4, 0.5) is 0 Å². The van der Waals surface area contributed by atoms with Crippen LogP contribution in [-0.4, -0.2) is 10.9 Å². The molecule has 0 spiro atoms. The van der Waals surface area contributed by atoms with Gasteiger partial charge in [-0.3, -0.25) is 9.78 Å². The van der Waals surface area contributed by atoms with Crippen LogP contribution in [0, 0.1) is 0 Å². The third kappa shape index (κ3) is 3.11. The van der Waals surface area contributed by atoms with Crippen molar-refractivity contribution in [2.24, 2.45) is 0 Å². The lowest BCUT2D eigenvalue weighted by molar-refractivity contribution is 0.0940. The standard InChI is InChI=1S/C14H14N2OS/c1-10(11-6-8-15-9-7-11)16-14(17)12-2-4-13(18)5-3-12/h2-10,18H,1H3,(H,16,17). The van der Waals surface area contributed by atoms with Crippen LogP contribution < -0.4 is 5.32 Å². The van der Waals surface area contributed by atoms with E-state index in [0.29, 0.717) is 5.56 Å². The minimum Gasteiger partial charge on any atom is -0.346 e. The molecule has 1 N–H and O–H groups in total. The number of nitrogens with one attached hydrogen (secondary N) is 1. The summed E-state index contributed by atoms with van der Waals surface area (Å²) in [6.07, 6.45) is 3.43. The van der Waals surface area contributed by atoms with Gasteiger partial charge >= 0.3 is 0 Å². The molecule has 1 aromatic carbocycles. The Morgan fingerprint density at radius 1 is 1.17 bits per heavy atom. The fraction of sp³-hybridized carbons (Fsp3) is 0.143. The van der Waals surface area contributed by atoms with E-state index in [1.165, 1.54) is 0 Å². The van der Waals surface area contributed by atoms with Crippen LogP contribution >= 0.6 is 12.6 Å². The molecular formula is C14H14N2OS. The number of amides is 1. The van der Waals surface area contributed by atoms with Gasteiger partial charge in [-0.25, -0.2) is 0 Å². The summed E-state index contributed by atoms with van der Waals surface area (Å²) in [6.45, 7) is 1.94. The van der Waals surface area contributed by atoms with Crippen molar-refractivity contribution in [2.45, 2.75) is 17.9 Å². The molecule has 18 heavy (non-hydrogen) atoms. The van der Waals surface area contributed by atoms with Crippen LogP contribution in [0.25, 0.3) is 0 Å². The van der Waals surface area contributed by atoms with Crippen LogP contribution in [0.5, 0.6) is 0 Å². The summed E-state index contributed by atoms with van der Waals surface area (Å²) >= 11 is 4.19. The number of hydrogen-bond donors (Lipinski definition) is 2. The predicted octanol–water partition coefficient (Wildman–Crippen LogP) is 2.86. The summed E-state index contributed by atoms with van der Waals surface area (Å²) < 4.78 is 0. The molecule has 0 aliphatic carbocycles. The first-order valence-electron chi connectivity index (χ1n) is 5.66.